The quantitative estimate of drug-likeness (QED) is 0.527. The van der Waals surface area contributed by atoms with Gasteiger partial charge in [0.25, 0.3) is 0 Å². The lowest BCUT2D eigenvalue weighted by atomic mass is 10.1. The van der Waals surface area contributed by atoms with Gasteiger partial charge in [-0.05, 0) is 57.5 Å². The predicted octanol–water partition coefficient (Wildman–Crippen LogP) is 6.17. The van der Waals surface area contributed by atoms with Crippen LogP contribution in [0.3, 0.4) is 0 Å². The Labute approximate surface area is 197 Å². The number of nitrogens with zero attached hydrogens (tertiary/aromatic N) is 1. The van der Waals surface area contributed by atoms with E-state index >= 15 is 0 Å². The molecule has 162 valence electrons. The summed E-state index contributed by atoms with van der Waals surface area (Å²) in [6.45, 7) is 7.35. The van der Waals surface area contributed by atoms with Crippen molar-refractivity contribution in [1.82, 2.24) is 10.2 Å². The predicted molar refractivity (Wildman–Crippen MR) is 125 cm³/mol. The van der Waals surface area contributed by atoms with Gasteiger partial charge in [0, 0.05) is 37.7 Å². The second kappa shape index (κ2) is 10.2. The molecule has 30 heavy (non-hydrogen) atoms. The van der Waals surface area contributed by atoms with Crippen LogP contribution in [0.2, 0.25) is 20.1 Å². The van der Waals surface area contributed by atoms with Crippen molar-refractivity contribution in [2.45, 2.75) is 52.2 Å². The number of rotatable bonds is 6. The van der Waals surface area contributed by atoms with Crippen LogP contribution in [-0.2, 0) is 22.6 Å². The molecular formula is C22H24Cl4N2O2. The zero-order chi connectivity index (χ0) is 22.6. The Balaban J connectivity index is 2.39. The van der Waals surface area contributed by atoms with E-state index in [2.05, 4.69) is 5.32 Å². The molecule has 0 aromatic heterocycles. The molecule has 0 saturated carbocycles. The number of nitrogens with one attached hydrogen (secondary N) is 1. The third-order valence-corrected chi connectivity index (χ3v) is 5.86. The second-order valence-corrected chi connectivity index (χ2v) is 9.64. The summed E-state index contributed by atoms with van der Waals surface area (Å²) in [6, 6.07) is 9.37. The van der Waals surface area contributed by atoms with Crippen molar-refractivity contribution in [1.29, 1.82) is 0 Å². The van der Waals surface area contributed by atoms with E-state index in [-0.39, 0.29) is 24.8 Å². The Morgan fingerprint density at radius 2 is 1.33 bits per heavy atom. The van der Waals surface area contributed by atoms with Crippen molar-refractivity contribution in [2.24, 2.45) is 0 Å². The highest BCUT2D eigenvalue weighted by atomic mass is 35.5. The Morgan fingerprint density at radius 1 is 0.900 bits per heavy atom. The summed E-state index contributed by atoms with van der Waals surface area (Å²) >= 11 is 25.1. The molecule has 8 heteroatoms. The van der Waals surface area contributed by atoms with Crippen LogP contribution in [0.4, 0.5) is 0 Å². The normalized spacial score (nSPS) is 12.4. The minimum atomic E-state index is -0.773. The van der Waals surface area contributed by atoms with Gasteiger partial charge in [0.2, 0.25) is 11.8 Å². The lowest BCUT2D eigenvalue weighted by Crippen LogP contribution is -2.52. The fourth-order valence-electron chi connectivity index (χ4n) is 2.86. The van der Waals surface area contributed by atoms with Gasteiger partial charge >= 0.3 is 0 Å². The smallest absolute Gasteiger partial charge is 0.242 e. The van der Waals surface area contributed by atoms with Crippen LogP contribution in [-0.4, -0.2) is 28.3 Å². The van der Waals surface area contributed by atoms with E-state index in [0.717, 1.165) is 0 Å². The molecule has 0 fully saturated rings. The van der Waals surface area contributed by atoms with Gasteiger partial charge in [-0.3, -0.25) is 9.59 Å². The maximum absolute atomic E-state index is 13.3. The average Bonchev–Trinajstić information content (AvgIpc) is 2.62. The highest BCUT2D eigenvalue weighted by Gasteiger charge is 2.30. The molecule has 0 radical (unpaired) electrons. The van der Waals surface area contributed by atoms with E-state index in [0.29, 0.717) is 31.2 Å². The molecule has 0 aliphatic carbocycles. The number of hydrogen-bond donors (Lipinski definition) is 1. The molecule has 0 aliphatic rings. The summed E-state index contributed by atoms with van der Waals surface area (Å²) in [6.07, 6.45) is -0.0618. The Kier molecular flexibility index (Phi) is 8.46. The van der Waals surface area contributed by atoms with Gasteiger partial charge in [-0.1, -0.05) is 58.5 Å². The number of hydrogen-bond acceptors (Lipinski definition) is 2. The molecular weight excluding hydrogens is 466 g/mol. The van der Waals surface area contributed by atoms with Gasteiger partial charge in [-0.15, -0.1) is 0 Å². The fourth-order valence-corrected chi connectivity index (χ4v) is 3.91. The van der Waals surface area contributed by atoms with Crippen molar-refractivity contribution in [3.8, 4) is 0 Å². The third-order valence-electron chi connectivity index (χ3n) is 4.45. The van der Waals surface area contributed by atoms with E-state index in [9.17, 15) is 9.59 Å². The van der Waals surface area contributed by atoms with E-state index in [1.165, 1.54) is 4.90 Å². The van der Waals surface area contributed by atoms with E-state index in [1.54, 1.807) is 43.3 Å². The zero-order valence-corrected chi connectivity index (χ0v) is 20.3. The molecule has 1 N–H and O–H groups in total. The molecule has 4 nitrogen and oxygen atoms in total. The minimum absolute atomic E-state index is 0.0618. The molecule has 0 spiro atoms. The zero-order valence-electron chi connectivity index (χ0n) is 17.2. The van der Waals surface area contributed by atoms with Crippen molar-refractivity contribution in [2.75, 3.05) is 0 Å². The summed E-state index contributed by atoms with van der Waals surface area (Å²) in [5, 5.41) is 4.51. The second-order valence-electron chi connectivity index (χ2n) is 8.01. The van der Waals surface area contributed by atoms with Gasteiger partial charge in [-0.25, -0.2) is 0 Å². The highest BCUT2D eigenvalue weighted by molar-refractivity contribution is 6.36. The average molecular weight is 490 g/mol. The molecule has 0 saturated heterocycles. The van der Waals surface area contributed by atoms with E-state index in [4.69, 9.17) is 46.4 Å². The summed E-state index contributed by atoms with van der Waals surface area (Å²) < 4.78 is 0. The lowest BCUT2D eigenvalue weighted by molar-refractivity contribution is -0.140. The standard InChI is InChI=1S/C22H24Cl4N2O2/c1-13(21(30)27-22(2,3)4)28(12-15-18(25)9-6-10-19(15)26)20(29)11-14-16(23)7-5-8-17(14)24/h5-10,13H,11-12H2,1-4H3,(H,27,30). The van der Waals surface area contributed by atoms with Crippen LogP contribution in [0, 0.1) is 0 Å². The third kappa shape index (κ3) is 6.52. The SMILES string of the molecule is CC(C(=O)NC(C)(C)C)N(Cc1c(Cl)cccc1Cl)C(=O)Cc1c(Cl)cccc1Cl. The van der Waals surface area contributed by atoms with E-state index in [1.807, 2.05) is 20.8 Å². The van der Waals surface area contributed by atoms with Crippen molar-refractivity contribution in [3.05, 3.63) is 67.6 Å². The Morgan fingerprint density at radius 3 is 1.77 bits per heavy atom. The van der Waals surface area contributed by atoms with Crippen LogP contribution in [0.1, 0.15) is 38.8 Å². The first-order chi connectivity index (χ1) is 13.9. The highest BCUT2D eigenvalue weighted by Crippen LogP contribution is 2.29. The van der Waals surface area contributed by atoms with Gasteiger partial charge < -0.3 is 10.2 Å². The Bertz CT molecular complexity index is 901. The number of amides is 2. The molecule has 2 aromatic rings. The summed E-state index contributed by atoms with van der Waals surface area (Å²) in [5.41, 5.74) is 0.619. The maximum atomic E-state index is 13.3. The monoisotopic (exact) mass is 488 g/mol. The van der Waals surface area contributed by atoms with Crippen molar-refractivity contribution in [3.63, 3.8) is 0 Å². The first-order valence-corrected chi connectivity index (χ1v) is 10.9. The Hall–Kier alpha value is -1.46. The first-order valence-electron chi connectivity index (χ1n) is 9.38. The molecule has 2 aromatic carbocycles. The largest absolute Gasteiger partial charge is 0.350 e. The number of benzene rings is 2. The van der Waals surface area contributed by atoms with Gasteiger partial charge in [-0.2, -0.15) is 0 Å². The van der Waals surface area contributed by atoms with Crippen LogP contribution >= 0.6 is 46.4 Å². The van der Waals surface area contributed by atoms with Crippen LogP contribution < -0.4 is 5.32 Å². The minimum Gasteiger partial charge on any atom is -0.350 e. The van der Waals surface area contributed by atoms with Crippen molar-refractivity contribution >= 4 is 58.2 Å². The van der Waals surface area contributed by atoms with E-state index < -0.39 is 11.6 Å². The lowest BCUT2D eigenvalue weighted by Gasteiger charge is -2.32. The maximum Gasteiger partial charge on any atom is 0.242 e. The summed E-state index contributed by atoms with van der Waals surface area (Å²) in [5.74, 6) is -0.609. The number of carbonyl (C=O) groups is 2. The van der Waals surface area contributed by atoms with Gasteiger partial charge in [0.15, 0.2) is 0 Å². The first kappa shape index (κ1) is 24.8. The topological polar surface area (TPSA) is 49.4 Å². The van der Waals surface area contributed by atoms with Crippen LogP contribution in [0.25, 0.3) is 0 Å². The summed E-state index contributed by atoms with van der Waals surface area (Å²) in [7, 11) is 0. The molecule has 1 unspecified atom stereocenters. The van der Waals surface area contributed by atoms with Crippen molar-refractivity contribution < 1.29 is 9.59 Å². The van der Waals surface area contributed by atoms with Crippen LogP contribution in [0.5, 0.6) is 0 Å². The molecule has 2 amide bonds. The molecule has 1 atom stereocenters. The van der Waals surface area contributed by atoms with Crippen LogP contribution in [0.15, 0.2) is 36.4 Å². The molecule has 0 heterocycles. The van der Waals surface area contributed by atoms with Gasteiger partial charge in [0.05, 0.1) is 6.42 Å². The van der Waals surface area contributed by atoms with Gasteiger partial charge in [0.1, 0.15) is 6.04 Å². The fraction of sp³-hybridized carbons (Fsp3) is 0.364. The molecule has 0 aliphatic heterocycles. The number of halogens is 4. The number of carbonyl (C=O) groups excluding carboxylic acids is 2. The summed E-state index contributed by atoms with van der Waals surface area (Å²) in [4.78, 5) is 27.6. The molecule has 2 rings (SSSR count). The molecule has 0 bridgehead atoms.